The van der Waals surface area contributed by atoms with Crippen molar-refractivity contribution in [2.24, 2.45) is 0 Å². The Balaban J connectivity index is -0.0000000440. The lowest BCUT2D eigenvalue weighted by atomic mass is 10.3. The minimum absolute atomic E-state index is 0. The van der Waals surface area contributed by atoms with Gasteiger partial charge < -0.3 is 14.9 Å². The van der Waals surface area contributed by atoms with Gasteiger partial charge >= 0.3 is 0 Å². The average molecular weight is 266 g/mol. The summed E-state index contributed by atoms with van der Waals surface area (Å²) >= 11 is 0. The Morgan fingerprint density at radius 1 is 0.833 bits per heavy atom. The molecule has 0 aromatic heterocycles. The molecule has 1 heterocycles. The monoisotopic (exact) mass is 266 g/mol. The van der Waals surface area contributed by atoms with E-state index in [-0.39, 0.29) is 22.3 Å². The summed E-state index contributed by atoms with van der Waals surface area (Å²) in [6, 6.07) is 0. The van der Waals surface area contributed by atoms with Gasteiger partial charge in [-0.25, -0.2) is 0 Å². The number of ether oxygens (including phenoxy) is 1. The van der Waals surface area contributed by atoms with E-state index in [1.165, 1.54) is 0 Å². The van der Waals surface area contributed by atoms with Gasteiger partial charge in [0.25, 0.3) is 0 Å². The van der Waals surface area contributed by atoms with Gasteiger partial charge in [0.15, 0.2) is 0 Å². The van der Waals surface area contributed by atoms with Crippen molar-refractivity contribution >= 4 is 0 Å². The molecule has 116 valence electrons. The second-order valence-electron chi connectivity index (χ2n) is 3.69. The molecule has 4 unspecified atom stereocenters. The Hall–Kier alpha value is -0.380. The fraction of sp³-hybridized carbons (Fsp3) is 0.867. The summed E-state index contributed by atoms with van der Waals surface area (Å²) in [5.74, 6) is 0. The highest BCUT2D eigenvalue weighted by molar-refractivity contribution is 4.73. The summed E-state index contributed by atoms with van der Waals surface area (Å²) in [5.41, 5.74) is 0. The zero-order chi connectivity index (χ0) is 12.4. The van der Waals surface area contributed by atoms with Crippen LogP contribution in [0.25, 0.3) is 0 Å². The number of allylic oxidation sites excluding steroid dienone is 2. The maximum atomic E-state index is 8.38. The second kappa shape index (κ2) is 19.0. The third-order valence-corrected chi connectivity index (χ3v) is 2.05. The van der Waals surface area contributed by atoms with Crippen LogP contribution in [0.1, 0.15) is 63.8 Å². The molecule has 0 spiro atoms. The number of rotatable bonds is 1. The van der Waals surface area contributed by atoms with Gasteiger partial charge in [0.2, 0.25) is 0 Å². The van der Waals surface area contributed by atoms with Crippen LogP contribution in [-0.2, 0) is 4.74 Å². The van der Waals surface area contributed by atoms with Crippen LogP contribution in [0.15, 0.2) is 12.2 Å². The minimum atomic E-state index is -0.593. The molecule has 0 aromatic rings. The van der Waals surface area contributed by atoms with Crippen LogP contribution in [0, 0.1) is 0 Å². The van der Waals surface area contributed by atoms with Gasteiger partial charge in [-0.2, -0.15) is 0 Å². The number of hydrogen-bond donors (Lipinski definition) is 2. The van der Waals surface area contributed by atoms with Gasteiger partial charge in [0.1, 0.15) is 0 Å². The first-order valence-corrected chi connectivity index (χ1v) is 5.45. The first-order valence-electron chi connectivity index (χ1n) is 5.45. The summed E-state index contributed by atoms with van der Waals surface area (Å²) in [4.78, 5) is 0. The number of hydrogen-bond acceptors (Lipinski definition) is 3. The van der Waals surface area contributed by atoms with Gasteiger partial charge in [-0.1, -0.05) is 34.4 Å². The summed E-state index contributed by atoms with van der Waals surface area (Å²) in [5, 5.41) is 16.8. The molecule has 1 aliphatic heterocycles. The molecule has 0 bridgehead atoms. The molecule has 0 saturated carbocycles. The van der Waals surface area contributed by atoms with E-state index in [4.69, 9.17) is 14.9 Å². The fourth-order valence-corrected chi connectivity index (χ4v) is 0.293. The van der Waals surface area contributed by atoms with E-state index in [1.54, 1.807) is 13.8 Å². The number of aliphatic hydroxyl groups excluding tert-OH is 2. The van der Waals surface area contributed by atoms with E-state index < -0.39 is 12.2 Å². The van der Waals surface area contributed by atoms with Crippen molar-refractivity contribution in [2.45, 2.75) is 88.2 Å². The van der Waals surface area contributed by atoms with Gasteiger partial charge in [-0.3, -0.25) is 0 Å². The predicted octanol–water partition coefficient (Wildman–Crippen LogP) is 4.03. The molecule has 0 radical (unpaired) electrons. The maximum Gasteiger partial charge on any atom is 0.0811 e. The van der Waals surface area contributed by atoms with Gasteiger partial charge in [0, 0.05) is 0 Å². The zero-order valence-corrected chi connectivity index (χ0v) is 10.8. The summed E-state index contributed by atoms with van der Waals surface area (Å²) in [7, 11) is 0. The third kappa shape index (κ3) is 29.6. The van der Waals surface area contributed by atoms with Crippen molar-refractivity contribution < 1.29 is 14.9 Å². The second-order valence-corrected chi connectivity index (χ2v) is 3.69. The molecule has 0 aromatic carbocycles. The standard InChI is InChI=1S/C4H10O2.C4H8O.C4H8.3CH4/c1-3(5)4(2)6;1-3-4(2)5-3;1-3-4-2;;;/h3-6H,1-2H3;3-4H,1-2H3;3-4H,1-2H3;3*1H4/b;;4-3+;;;. The highest BCUT2D eigenvalue weighted by Crippen LogP contribution is 2.18. The van der Waals surface area contributed by atoms with Gasteiger partial charge in [-0.15, -0.1) is 0 Å². The van der Waals surface area contributed by atoms with E-state index >= 15 is 0 Å². The molecule has 1 aliphatic rings. The van der Waals surface area contributed by atoms with E-state index in [2.05, 4.69) is 13.8 Å². The van der Waals surface area contributed by atoms with Crippen molar-refractivity contribution in [1.82, 2.24) is 0 Å². The SMILES string of the molecule is C.C.C.C/C=C/C.CC(O)C(C)O.CC1OC1C. The van der Waals surface area contributed by atoms with Crippen molar-refractivity contribution in [3.8, 4) is 0 Å². The normalized spacial score (nSPS) is 22.4. The third-order valence-electron chi connectivity index (χ3n) is 2.05. The highest BCUT2D eigenvalue weighted by atomic mass is 16.6. The largest absolute Gasteiger partial charge is 0.391 e. The Kier molecular flexibility index (Phi) is 32.2. The maximum absolute atomic E-state index is 8.38. The molecule has 1 fully saturated rings. The molecule has 1 rings (SSSR count). The van der Waals surface area contributed by atoms with Crippen LogP contribution in [-0.4, -0.2) is 34.6 Å². The Morgan fingerprint density at radius 2 is 1.00 bits per heavy atom. The summed E-state index contributed by atoms with van der Waals surface area (Å²) in [6.07, 6.45) is 3.92. The molecular formula is C15H38O3. The zero-order valence-electron chi connectivity index (χ0n) is 10.8. The lowest BCUT2D eigenvalue weighted by Gasteiger charge is -2.03. The molecular weight excluding hydrogens is 228 g/mol. The van der Waals surface area contributed by atoms with Gasteiger partial charge in [0.05, 0.1) is 24.4 Å². The van der Waals surface area contributed by atoms with Gasteiger partial charge in [-0.05, 0) is 41.5 Å². The lowest BCUT2D eigenvalue weighted by Crippen LogP contribution is -2.17. The Morgan fingerprint density at radius 3 is 1.00 bits per heavy atom. The molecule has 18 heavy (non-hydrogen) atoms. The smallest absolute Gasteiger partial charge is 0.0811 e. The van der Waals surface area contributed by atoms with Crippen molar-refractivity contribution in [1.29, 1.82) is 0 Å². The minimum Gasteiger partial charge on any atom is -0.391 e. The first-order chi connectivity index (χ1) is 6.86. The summed E-state index contributed by atoms with van der Waals surface area (Å²) in [6.45, 7) is 11.2. The highest BCUT2D eigenvalue weighted by Gasteiger charge is 2.27. The number of aliphatic hydroxyl groups is 2. The van der Waals surface area contributed by atoms with Crippen LogP contribution in [0.5, 0.6) is 0 Å². The van der Waals surface area contributed by atoms with Crippen molar-refractivity contribution in [3.63, 3.8) is 0 Å². The van der Waals surface area contributed by atoms with E-state index in [0.29, 0.717) is 12.2 Å². The average Bonchev–Trinajstić information content (AvgIpc) is 2.81. The lowest BCUT2D eigenvalue weighted by molar-refractivity contribution is 0.0438. The van der Waals surface area contributed by atoms with Crippen LogP contribution in [0.2, 0.25) is 0 Å². The predicted molar refractivity (Wildman–Crippen MR) is 84.1 cm³/mol. The number of epoxide rings is 1. The molecule has 0 amide bonds. The fourth-order valence-electron chi connectivity index (χ4n) is 0.293. The van der Waals surface area contributed by atoms with Crippen LogP contribution in [0.3, 0.4) is 0 Å². The molecule has 4 atom stereocenters. The quantitative estimate of drug-likeness (QED) is 0.556. The summed E-state index contributed by atoms with van der Waals surface area (Å²) < 4.78 is 4.92. The molecule has 3 heteroatoms. The van der Waals surface area contributed by atoms with Crippen LogP contribution in [0.4, 0.5) is 0 Å². The Bertz CT molecular complexity index is 138. The molecule has 1 saturated heterocycles. The van der Waals surface area contributed by atoms with E-state index in [0.717, 1.165) is 0 Å². The van der Waals surface area contributed by atoms with Crippen molar-refractivity contribution in [3.05, 3.63) is 12.2 Å². The van der Waals surface area contributed by atoms with Crippen LogP contribution < -0.4 is 0 Å². The van der Waals surface area contributed by atoms with Crippen LogP contribution >= 0.6 is 0 Å². The van der Waals surface area contributed by atoms with E-state index in [1.807, 2.05) is 26.0 Å². The molecule has 3 nitrogen and oxygen atoms in total. The van der Waals surface area contributed by atoms with Crippen molar-refractivity contribution in [2.75, 3.05) is 0 Å². The first kappa shape index (κ1) is 30.6. The Labute approximate surface area is 116 Å². The molecule has 2 N–H and O–H groups in total. The van der Waals surface area contributed by atoms with E-state index in [9.17, 15) is 0 Å². The molecule has 0 aliphatic carbocycles. The topological polar surface area (TPSA) is 53.0 Å².